The van der Waals surface area contributed by atoms with Crippen LogP contribution >= 0.6 is 0 Å². The van der Waals surface area contributed by atoms with Crippen molar-refractivity contribution in [3.8, 4) is 0 Å². The molecule has 0 atom stereocenters. The summed E-state index contributed by atoms with van der Waals surface area (Å²) in [7, 11) is 0. The van der Waals surface area contributed by atoms with Crippen molar-refractivity contribution in [2.45, 2.75) is 66.5 Å². The molecular weight excluding hydrogens is 348 g/mol. The van der Waals surface area contributed by atoms with Gasteiger partial charge in [-0.05, 0) is 53.5 Å². The van der Waals surface area contributed by atoms with Gasteiger partial charge >= 0.3 is 5.97 Å². The van der Waals surface area contributed by atoms with Crippen molar-refractivity contribution >= 4 is 23.6 Å². The molecule has 2 aromatic heterocycles. The number of nitrogens with zero attached hydrogens (tertiary/aromatic N) is 5. The molecule has 2 N–H and O–H groups in total. The van der Waals surface area contributed by atoms with Crippen LogP contribution in [0, 0.1) is 13.8 Å². The van der Waals surface area contributed by atoms with Gasteiger partial charge in [0.25, 0.3) is 11.7 Å². The molecule has 1 amide bonds. The highest BCUT2D eigenvalue weighted by molar-refractivity contribution is 5.81. The number of amides is 1. The normalized spacial score (nSPS) is 11.4. The van der Waals surface area contributed by atoms with Gasteiger partial charge in [0.15, 0.2) is 6.61 Å². The summed E-state index contributed by atoms with van der Waals surface area (Å²) in [6, 6.07) is 0.101. The third kappa shape index (κ3) is 4.72. The summed E-state index contributed by atoms with van der Waals surface area (Å²) in [6.07, 6.45) is 0.584. The van der Waals surface area contributed by atoms with Crippen molar-refractivity contribution in [3.63, 3.8) is 0 Å². The third-order valence-electron chi connectivity index (χ3n) is 4.40. The number of rotatable bonds is 7. The summed E-state index contributed by atoms with van der Waals surface area (Å²) in [5.74, 6) is -0.0310. The molecule has 0 saturated heterocycles. The van der Waals surface area contributed by atoms with Gasteiger partial charge < -0.3 is 15.4 Å². The van der Waals surface area contributed by atoms with Gasteiger partial charge in [-0.1, -0.05) is 0 Å². The Hall–Kier alpha value is -2.71. The molecule has 0 aromatic carbocycles. The molecule has 2 aromatic rings. The van der Waals surface area contributed by atoms with Crippen LogP contribution in [0.3, 0.4) is 0 Å². The molecule has 2 heterocycles. The second-order valence-corrected chi connectivity index (χ2v) is 7.09. The topological polar surface area (TPSA) is 116 Å². The maximum Gasteiger partial charge on any atom is 0.306 e. The Morgan fingerprint density at radius 2 is 1.78 bits per heavy atom. The number of aromatic nitrogens is 4. The maximum absolute atomic E-state index is 12.3. The predicted octanol–water partition coefficient (Wildman–Crippen LogP) is 1.44. The van der Waals surface area contributed by atoms with Crippen LogP contribution in [0.1, 0.15) is 51.1 Å². The smallest absolute Gasteiger partial charge is 0.306 e. The number of nitrogen functional groups attached to an aromatic ring is 1. The lowest BCUT2D eigenvalue weighted by atomic mass is 10.1. The first-order valence-corrected chi connectivity index (χ1v) is 9.07. The Morgan fingerprint density at radius 1 is 1.15 bits per heavy atom. The monoisotopic (exact) mass is 376 g/mol. The van der Waals surface area contributed by atoms with E-state index in [9.17, 15) is 9.59 Å². The lowest BCUT2D eigenvalue weighted by molar-refractivity contribution is -0.153. The highest BCUT2D eigenvalue weighted by Crippen LogP contribution is 2.16. The molecule has 0 fully saturated rings. The van der Waals surface area contributed by atoms with E-state index < -0.39 is 5.97 Å². The molecule has 148 valence electrons. The van der Waals surface area contributed by atoms with Crippen LogP contribution in [0.2, 0.25) is 0 Å². The zero-order chi connectivity index (χ0) is 20.3. The molecule has 27 heavy (non-hydrogen) atoms. The van der Waals surface area contributed by atoms with E-state index in [1.165, 1.54) is 0 Å². The number of nitrogens with two attached hydrogens (primary N) is 1. The summed E-state index contributed by atoms with van der Waals surface area (Å²) in [4.78, 5) is 34.5. The first-order valence-electron chi connectivity index (χ1n) is 9.07. The van der Waals surface area contributed by atoms with Crippen LogP contribution in [0.25, 0.3) is 5.78 Å². The molecule has 0 radical (unpaired) electrons. The number of esters is 1. The summed E-state index contributed by atoms with van der Waals surface area (Å²) >= 11 is 0. The van der Waals surface area contributed by atoms with Gasteiger partial charge in [-0.15, -0.1) is 5.10 Å². The summed E-state index contributed by atoms with van der Waals surface area (Å²) in [5.41, 5.74) is 8.11. The third-order valence-corrected chi connectivity index (χ3v) is 4.40. The van der Waals surface area contributed by atoms with Gasteiger partial charge in [0, 0.05) is 29.9 Å². The molecule has 0 aliphatic heterocycles. The highest BCUT2D eigenvalue weighted by Gasteiger charge is 2.21. The van der Waals surface area contributed by atoms with E-state index in [0.717, 1.165) is 17.0 Å². The molecule has 0 bridgehead atoms. The number of anilines is 1. The molecule has 0 spiro atoms. The summed E-state index contributed by atoms with van der Waals surface area (Å²) in [6.45, 7) is 11.2. The molecule has 9 nitrogen and oxygen atoms in total. The number of carbonyl (C=O) groups excluding carboxylic acids is 2. The Balaban J connectivity index is 1.98. The molecule has 0 aliphatic rings. The van der Waals surface area contributed by atoms with Gasteiger partial charge in [0.05, 0.1) is 0 Å². The minimum Gasteiger partial charge on any atom is -0.456 e. The minimum absolute atomic E-state index is 0.0504. The van der Waals surface area contributed by atoms with Crippen LogP contribution in [0.5, 0.6) is 0 Å². The van der Waals surface area contributed by atoms with Gasteiger partial charge in [-0.3, -0.25) is 9.59 Å². The van der Waals surface area contributed by atoms with Gasteiger partial charge in [0.1, 0.15) is 0 Å². The zero-order valence-corrected chi connectivity index (χ0v) is 16.8. The Labute approximate surface area is 158 Å². The lowest BCUT2D eigenvalue weighted by Crippen LogP contribution is -2.44. The first-order chi connectivity index (χ1) is 12.6. The van der Waals surface area contributed by atoms with Crippen molar-refractivity contribution < 1.29 is 14.3 Å². The van der Waals surface area contributed by atoms with Crippen molar-refractivity contribution in [1.82, 2.24) is 24.5 Å². The van der Waals surface area contributed by atoms with Gasteiger partial charge in [-0.25, -0.2) is 4.98 Å². The fourth-order valence-electron chi connectivity index (χ4n) is 3.27. The van der Waals surface area contributed by atoms with Gasteiger partial charge in [-0.2, -0.15) is 9.50 Å². The summed E-state index contributed by atoms with van der Waals surface area (Å²) < 4.78 is 6.74. The first kappa shape index (κ1) is 20.6. The fourth-order valence-corrected chi connectivity index (χ4v) is 3.27. The molecule has 0 saturated carbocycles. The standard InChI is InChI=1S/C18H28N6O3/c1-10(2)23(11(3)4)15(25)9-27-16(26)8-7-14-12(5)20-18-21-17(19)22-24(18)13(14)6/h10-11H,7-9H2,1-6H3,(H2,19,22). The number of ether oxygens (including phenoxy) is 1. The van der Waals surface area contributed by atoms with Crippen LogP contribution in [0.15, 0.2) is 0 Å². The van der Waals surface area contributed by atoms with Crippen molar-refractivity contribution in [2.24, 2.45) is 0 Å². The second-order valence-electron chi connectivity index (χ2n) is 7.09. The second kappa shape index (κ2) is 8.32. The molecule has 2 rings (SSSR count). The quantitative estimate of drug-likeness (QED) is 0.727. The predicted molar refractivity (Wildman–Crippen MR) is 101 cm³/mol. The van der Waals surface area contributed by atoms with E-state index in [0.29, 0.717) is 12.2 Å². The number of carbonyl (C=O) groups is 2. The van der Waals surface area contributed by atoms with E-state index in [-0.39, 0.29) is 37.0 Å². The van der Waals surface area contributed by atoms with E-state index in [1.54, 1.807) is 9.42 Å². The molecular formula is C18H28N6O3. The molecule has 0 aliphatic carbocycles. The SMILES string of the molecule is Cc1nc2nc(N)nn2c(C)c1CCC(=O)OCC(=O)N(C(C)C)C(C)C. The molecule has 9 heteroatoms. The average molecular weight is 376 g/mol. The van der Waals surface area contributed by atoms with Crippen LogP contribution < -0.4 is 5.73 Å². The van der Waals surface area contributed by atoms with E-state index in [1.807, 2.05) is 41.5 Å². The minimum atomic E-state index is -0.423. The fraction of sp³-hybridized carbons (Fsp3) is 0.611. The Morgan fingerprint density at radius 3 is 2.37 bits per heavy atom. The molecule has 0 unspecified atom stereocenters. The van der Waals surface area contributed by atoms with Crippen molar-refractivity contribution in [1.29, 1.82) is 0 Å². The number of aryl methyl sites for hydroxylation is 2. The van der Waals surface area contributed by atoms with Crippen molar-refractivity contribution in [2.75, 3.05) is 12.3 Å². The van der Waals surface area contributed by atoms with E-state index in [2.05, 4.69) is 15.1 Å². The highest BCUT2D eigenvalue weighted by atomic mass is 16.5. The number of hydrogen-bond acceptors (Lipinski definition) is 7. The van der Waals surface area contributed by atoms with E-state index >= 15 is 0 Å². The number of fused-ring (bicyclic) bond motifs is 1. The summed E-state index contributed by atoms with van der Waals surface area (Å²) in [5, 5.41) is 4.11. The maximum atomic E-state index is 12.3. The van der Waals surface area contributed by atoms with Gasteiger partial charge in [0.2, 0.25) is 5.95 Å². The van der Waals surface area contributed by atoms with Crippen LogP contribution in [-0.2, 0) is 20.7 Å². The largest absolute Gasteiger partial charge is 0.456 e. The Kier molecular flexibility index (Phi) is 6.35. The Bertz CT molecular complexity index is 835. The van der Waals surface area contributed by atoms with Crippen molar-refractivity contribution in [3.05, 3.63) is 17.0 Å². The van der Waals surface area contributed by atoms with Crippen LogP contribution in [-0.4, -0.2) is 55.0 Å². The van der Waals surface area contributed by atoms with E-state index in [4.69, 9.17) is 10.5 Å². The average Bonchev–Trinajstić information content (AvgIpc) is 2.92. The van der Waals surface area contributed by atoms with Crippen LogP contribution in [0.4, 0.5) is 5.95 Å². The lowest BCUT2D eigenvalue weighted by Gasteiger charge is -2.30. The zero-order valence-electron chi connectivity index (χ0n) is 16.8. The number of hydrogen-bond donors (Lipinski definition) is 1.